The van der Waals surface area contributed by atoms with Crippen LogP contribution in [-0.2, 0) is 6.54 Å². The van der Waals surface area contributed by atoms with E-state index in [-0.39, 0.29) is 0 Å². The Kier molecular flexibility index (Phi) is 5.47. The Morgan fingerprint density at radius 3 is 2.70 bits per heavy atom. The lowest BCUT2D eigenvalue weighted by Gasteiger charge is -2.24. The molecule has 0 unspecified atom stereocenters. The van der Waals surface area contributed by atoms with Gasteiger partial charge in [0.25, 0.3) is 0 Å². The highest BCUT2D eigenvalue weighted by Gasteiger charge is 2.32. The van der Waals surface area contributed by atoms with Crippen molar-refractivity contribution in [1.82, 2.24) is 5.32 Å². The summed E-state index contributed by atoms with van der Waals surface area (Å²) in [7, 11) is 0. The maximum absolute atomic E-state index is 10.4. The van der Waals surface area contributed by atoms with Crippen LogP contribution >= 0.6 is 15.9 Å². The molecule has 0 heterocycles. The van der Waals surface area contributed by atoms with Crippen molar-refractivity contribution in [2.75, 3.05) is 6.61 Å². The number of aliphatic hydroxyl groups is 1. The van der Waals surface area contributed by atoms with Crippen LogP contribution < -0.4 is 10.1 Å². The molecule has 1 saturated carbocycles. The number of para-hydroxylation sites is 1. The second kappa shape index (κ2) is 6.92. The average Bonchev–Trinajstić information content (AvgIpc) is 2.82. The number of nitrogens with one attached hydrogen (secondary N) is 1. The van der Waals surface area contributed by atoms with Crippen molar-refractivity contribution < 1.29 is 9.84 Å². The van der Waals surface area contributed by atoms with Gasteiger partial charge >= 0.3 is 0 Å². The maximum atomic E-state index is 10.4. The first-order valence-corrected chi connectivity index (χ1v) is 8.15. The molecule has 112 valence electrons. The molecule has 1 aliphatic rings. The molecule has 1 aliphatic carbocycles. The fraction of sp³-hybridized carbons (Fsp3) is 0.625. The summed E-state index contributed by atoms with van der Waals surface area (Å²) >= 11 is 3.55. The van der Waals surface area contributed by atoms with Crippen LogP contribution in [-0.4, -0.2) is 23.4 Å². The standard InChI is InChI=1S/C16H24BrNO2/c1-12(2)18-10-13-6-5-7-14(17)15(13)20-11-16(19)8-3-4-9-16/h5-7,12,18-19H,3-4,8-11H2,1-2H3. The van der Waals surface area contributed by atoms with E-state index in [4.69, 9.17) is 4.74 Å². The van der Waals surface area contributed by atoms with Gasteiger partial charge in [0.2, 0.25) is 0 Å². The molecule has 4 heteroatoms. The lowest BCUT2D eigenvalue weighted by atomic mass is 10.0. The van der Waals surface area contributed by atoms with Crippen molar-refractivity contribution in [3.05, 3.63) is 28.2 Å². The lowest BCUT2D eigenvalue weighted by molar-refractivity contribution is 0.000873. The predicted molar refractivity (Wildman–Crippen MR) is 85.0 cm³/mol. The van der Waals surface area contributed by atoms with Gasteiger partial charge in [0.05, 0.1) is 10.1 Å². The van der Waals surface area contributed by atoms with E-state index in [2.05, 4.69) is 41.2 Å². The second-order valence-corrected chi connectivity index (χ2v) is 6.84. The molecule has 1 aromatic rings. The monoisotopic (exact) mass is 341 g/mol. The van der Waals surface area contributed by atoms with E-state index in [1.54, 1.807) is 0 Å². The van der Waals surface area contributed by atoms with Crippen molar-refractivity contribution in [1.29, 1.82) is 0 Å². The third kappa shape index (κ3) is 4.21. The lowest BCUT2D eigenvalue weighted by Crippen LogP contribution is -2.32. The highest BCUT2D eigenvalue weighted by Crippen LogP contribution is 2.33. The zero-order valence-electron chi connectivity index (χ0n) is 12.3. The van der Waals surface area contributed by atoms with Gasteiger partial charge in [0.1, 0.15) is 12.4 Å². The summed E-state index contributed by atoms with van der Waals surface area (Å²) in [5.41, 5.74) is 0.479. The Morgan fingerprint density at radius 1 is 1.35 bits per heavy atom. The Labute approximate surface area is 129 Å². The van der Waals surface area contributed by atoms with E-state index in [1.807, 2.05) is 12.1 Å². The molecule has 2 N–H and O–H groups in total. The minimum Gasteiger partial charge on any atom is -0.489 e. The van der Waals surface area contributed by atoms with Crippen LogP contribution in [0.25, 0.3) is 0 Å². The maximum Gasteiger partial charge on any atom is 0.138 e. The molecular formula is C16H24BrNO2. The van der Waals surface area contributed by atoms with Crippen LogP contribution in [0.2, 0.25) is 0 Å². The van der Waals surface area contributed by atoms with Crippen molar-refractivity contribution in [3.8, 4) is 5.75 Å². The fourth-order valence-corrected chi connectivity index (χ4v) is 3.07. The van der Waals surface area contributed by atoms with Gasteiger partial charge in [-0.3, -0.25) is 0 Å². The van der Waals surface area contributed by atoms with Gasteiger partial charge in [-0.05, 0) is 34.8 Å². The molecule has 0 bridgehead atoms. The van der Waals surface area contributed by atoms with Crippen LogP contribution in [0.5, 0.6) is 5.75 Å². The molecule has 0 aliphatic heterocycles. The summed E-state index contributed by atoms with van der Waals surface area (Å²) in [6, 6.07) is 6.49. The van der Waals surface area contributed by atoms with E-state index in [0.29, 0.717) is 12.6 Å². The molecule has 20 heavy (non-hydrogen) atoms. The van der Waals surface area contributed by atoms with E-state index in [1.165, 1.54) is 0 Å². The van der Waals surface area contributed by atoms with Crippen LogP contribution in [0.3, 0.4) is 0 Å². The minimum absolute atomic E-state index is 0.379. The fourth-order valence-electron chi connectivity index (χ4n) is 2.55. The first kappa shape index (κ1) is 15.8. The predicted octanol–water partition coefficient (Wildman–Crippen LogP) is 3.63. The van der Waals surface area contributed by atoms with Crippen molar-refractivity contribution in [3.63, 3.8) is 0 Å². The quantitative estimate of drug-likeness (QED) is 0.830. The van der Waals surface area contributed by atoms with E-state index < -0.39 is 5.60 Å². The number of rotatable bonds is 6. The van der Waals surface area contributed by atoms with Gasteiger partial charge in [-0.2, -0.15) is 0 Å². The van der Waals surface area contributed by atoms with Gasteiger partial charge in [-0.1, -0.05) is 38.8 Å². The van der Waals surface area contributed by atoms with Gasteiger partial charge in [-0.25, -0.2) is 0 Å². The highest BCUT2D eigenvalue weighted by molar-refractivity contribution is 9.10. The number of ether oxygens (including phenoxy) is 1. The summed E-state index contributed by atoms with van der Waals surface area (Å²) in [4.78, 5) is 0. The van der Waals surface area contributed by atoms with E-state index in [9.17, 15) is 5.11 Å². The Bertz CT molecular complexity index is 442. The van der Waals surface area contributed by atoms with Crippen molar-refractivity contribution >= 4 is 15.9 Å². The Morgan fingerprint density at radius 2 is 2.05 bits per heavy atom. The molecule has 0 aromatic heterocycles. The largest absolute Gasteiger partial charge is 0.489 e. The second-order valence-electron chi connectivity index (χ2n) is 5.98. The number of benzene rings is 1. The van der Waals surface area contributed by atoms with Crippen LogP contribution in [0.4, 0.5) is 0 Å². The highest BCUT2D eigenvalue weighted by atomic mass is 79.9. The minimum atomic E-state index is -0.641. The topological polar surface area (TPSA) is 41.5 Å². The van der Waals surface area contributed by atoms with E-state index >= 15 is 0 Å². The molecule has 1 fully saturated rings. The average molecular weight is 342 g/mol. The van der Waals surface area contributed by atoms with Crippen molar-refractivity contribution in [2.24, 2.45) is 0 Å². The molecule has 1 aromatic carbocycles. The molecule has 0 amide bonds. The normalized spacial score (nSPS) is 17.6. The molecule has 2 rings (SSSR count). The summed E-state index contributed by atoms with van der Waals surface area (Å²) in [5, 5.41) is 13.8. The molecule has 0 atom stereocenters. The zero-order chi connectivity index (χ0) is 14.6. The van der Waals surface area contributed by atoms with Gasteiger partial charge in [-0.15, -0.1) is 0 Å². The molecule has 0 spiro atoms. The molecule has 0 radical (unpaired) electrons. The van der Waals surface area contributed by atoms with Crippen LogP contribution in [0.15, 0.2) is 22.7 Å². The smallest absolute Gasteiger partial charge is 0.138 e. The third-order valence-corrected chi connectivity index (χ3v) is 4.39. The van der Waals surface area contributed by atoms with E-state index in [0.717, 1.165) is 48.0 Å². The summed E-state index contributed by atoms with van der Waals surface area (Å²) < 4.78 is 6.90. The SMILES string of the molecule is CC(C)NCc1cccc(Br)c1OCC1(O)CCCC1. The number of hydrogen-bond acceptors (Lipinski definition) is 3. The van der Waals surface area contributed by atoms with Gasteiger partial charge in [0.15, 0.2) is 0 Å². The Balaban J connectivity index is 2.05. The van der Waals surface area contributed by atoms with Crippen LogP contribution in [0, 0.1) is 0 Å². The van der Waals surface area contributed by atoms with Gasteiger partial charge < -0.3 is 15.2 Å². The van der Waals surface area contributed by atoms with Gasteiger partial charge in [0, 0.05) is 18.2 Å². The summed E-state index contributed by atoms with van der Waals surface area (Å²) in [6.07, 6.45) is 3.88. The summed E-state index contributed by atoms with van der Waals surface area (Å²) in [6.45, 7) is 5.40. The van der Waals surface area contributed by atoms with Crippen molar-refractivity contribution in [2.45, 2.75) is 57.7 Å². The summed E-state index contributed by atoms with van der Waals surface area (Å²) in [5.74, 6) is 0.848. The zero-order valence-corrected chi connectivity index (χ0v) is 13.9. The third-order valence-electron chi connectivity index (χ3n) is 3.77. The Hall–Kier alpha value is -0.580. The first-order valence-electron chi connectivity index (χ1n) is 7.36. The first-order chi connectivity index (χ1) is 9.50. The van der Waals surface area contributed by atoms with Crippen LogP contribution in [0.1, 0.15) is 45.1 Å². The number of hydrogen-bond donors (Lipinski definition) is 2. The number of halogens is 1. The molecule has 0 saturated heterocycles. The molecule has 3 nitrogen and oxygen atoms in total. The molecular weight excluding hydrogens is 318 g/mol.